The molecule has 1 aromatic carbocycles. The molecule has 5 heteroatoms. The molecule has 0 saturated heterocycles. The summed E-state index contributed by atoms with van der Waals surface area (Å²) in [6.07, 6.45) is 2.46. The quantitative estimate of drug-likeness (QED) is 0.408. The van der Waals surface area contributed by atoms with Crippen LogP contribution in [0.1, 0.15) is 32.3 Å². The van der Waals surface area contributed by atoms with Gasteiger partial charge in [0.05, 0.1) is 13.2 Å². The van der Waals surface area contributed by atoms with E-state index >= 15 is 0 Å². The lowest BCUT2D eigenvalue weighted by Crippen LogP contribution is -2.44. The van der Waals surface area contributed by atoms with Gasteiger partial charge in [0.15, 0.2) is 5.96 Å². The van der Waals surface area contributed by atoms with Crippen LogP contribution in [0.25, 0.3) is 0 Å². The van der Waals surface area contributed by atoms with Gasteiger partial charge in [0.1, 0.15) is 0 Å². The summed E-state index contributed by atoms with van der Waals surface area (Å²) < 4.78 is 5.16. The molecule has 1 aliphatic carbocycles. The summed E-state index contributed by atoms with van der Waals surface area (Å²) in [6.45, 7) is 6.56. The van der Waals surface area contributed by atoms with Crippen LogP contribution in [0.15, 0.2) is 35.3 Å². The van der Waals surface area contributed by atoms with E-state index in [9.17, 15) is 0 Å². The van der Waals surface area contributed by atoms with Crippen molar-refractivity contribution in [3.8, 4) is 0 Å². The Morgan fingerprint density at radius 3 is 2.55 bits per heavy atom. The monoisotopic (exact) mass is 417 g/mol. The second kappa shape index (κ2) is 9.35. The minimum Gasteiger partial charge on any atom is -0.383 e. The molecule has 0 heterocycles. The molecule has 1 aliphatic rings. The predicted octanol–water partition coefficient (Wildman–Crippen LogP) is 2.93. The third-order valence-electron chi connectivity index (χ3n) is 3.92. The summed E-state index contributed by atoms with van der Waals surface area (Å²) in [7, 11) is 1.72. The first-order valence-electron chi connectivity index (χ1n) is 7.79. The zero-order valence-electron chi connectivity index (χ0n) is 13.8. The van der Waals surface area contributed by atoms with E-state index in [1.165, 1.54) is 18.4 Å². The molecule has 0 bridgehead atoms. The van der Waals surface area contributed by atoms with Crippen LogP contribution in [0.5, 0.6) is 0 Å². The third kappa shape index (κ3) is 5.43. The highest BCUT2D eigenvalue weighted by molar-refractivity contribution is 14.0. The van der Waals surface area contributed by atoms with Gasteiger partial charge in [-0.2, -0.15) is 0 Å². The summed E-state index contributed by atoms with van der Waals surface area (Å²) in [5.74, 6) is 0.879. The van der Waals surface area contributed by atoms with Crippen LogP contribution in [-0.2, 0) is 10.2 Å². The first-order valence-corrected chi connectivity index (χ1v) is 7.79. The molecule has 0 aromatic heterocycles. The van der Waals surface area contributed by atoms with Gasteiger partial charge in [-0.05, 0) is 32.3 Å². The molecule has 1 saturated carbocycles. The molecule has 0 aliphatic heterocycles. The summed E-state index contributed by atoms with van der Waals surface area (Å²) in [5, 5.41) is 6.69. The molecule has 1 atom stereocenters. The molecule has 124 valence electrons. The number of hydrogen-bond acceptors (Lipinski definition) is 2. The number of guanidine groups is 1. The van der Waals surface area contributed by atoms with Crippen LogP contribution >= 0.6 is 24.0 Å². The first kappa shape index (κ1) is 19.2. The van der Waals surface area contributed by atoms with Crippen LogP contribution in [0.3, 0.4) is 0 Å². The molecule has 1 unspecified atom stereocenters. The Kier molecular flexibility index (Phi) is 8.17. The lowest BCUT2D eigenvalue weighted by molar-refractivity contribution is 0.179. The number of rotatable bonds is 7. The maximum Gasteiger partial charge on any atom is 0.191 e. The van der Waals surface area contributed by atoms with Crippen molar-refractivity contribution in [2.75, 3.05) is 26.8 Å². The molecule has 1 aromatic rings. The van der Waals surface area contributed by atoms with Crippen molar-refractivity contribution in [2.24, 2.45) is 4.99 Å². The molecule has 0 spiro atoms. The van der Waals surface area contributed by atoms with Crippen LogP contribution in [0.4, 0.5) is 0 Å². The molecule has 2 rings (SSSR count). The van der Waals surface area contributed by atoms with E-state index in [4.69, 9.17) is 9.73 Å². The van der Waals surface area contributed by atoms with E-state index in [1.807, 2.05) is 0 Å². The average molecular weight is 417 g/mol. The third-order valence-corrected chi connectivity index (χ3v) is 3.92. The SMILES string of the molecule is CCNC(=NCC1(c2ccccc2)CC1)NC(C)COC.I. The highest BCUT2D eigenvalue weighted by atomic mass is 127. The fourth-order valence-electron chi connectivity index (χ4n) is 2.56. The lowest BCUT2D eigenvalue weighted by atomic mass is 9.96. The minimum atomic E-state index is 0. The summed E-state index contributed by atoms with van der Waals surface area (Å²) in [4.78, 5) is 4.79. The zero-order valence-corrected chi connectivity index (χ0v) is 16.1. The average Bonchev–Trinajstić information content (AvgIpc) is 3.27. The van der Waals surface area contributed by atoms with Gasteiger partial charge < -0.3 is 15.4 Å². The van der Waals surface area contributed by atoms with E-state index < -0.39 is 0 Å². The van der Waals surface area contributed by atoms with E-state index in [1.54, 1.807) is 7.11 Å². The number of hydrogen-bond donors (Lipinski definition) is 2. The van der Waals surface area contributed by atoms with Gasteiger partial charge in [0.25, 0.3) is 0 Å². The Hall–Kier alpha value is -0.820. The molecule has 22 heavy (non-hydrogen) atoms. The van der Waals surface area contributed by atoms with Crippen molar-refractivity contribution in [2.45, 2.75) is 38.1 Å². The fourth-order valence-corrected chi connectivity index (χ4v) is 2.56. The first-order chi connectivity index (χ1) is 10.2. The van der Waals surface area contributed by atoms with Crippen molar-refractivity contribution >= 4 is 29.9 Å². The van der Waals surface area contributed by atoms with Crippen molar-refractivity contribution < 1.29 is 4.74 Å². The lowest BCUT2D eigenvalue weighted by Gasteiger charge is -2.19. The maximum absolute atomic E-state index is 5.16. The Balaban J connectivity index is 0.00000242. The van der Waals surface area contributed by atoms with Crippen molar-refractivity contribution in [3.63, 3.8) is 0 Å². The molecular weight excluding hydrogens is 389 g/mol. The normalized spacial score (nSPS) is 17.3. The Morgan fingerprint density at radius 2 is 2.00 bits per heavy atom. The second-order valence-electron chi connectivity index (χ2n) is 5.84. The molecule has 4 nitrogen and oxygen atoms in total. The molecular formula is C17H28IN3O. The largest absolute Gasteiger partial charge is 0.383 e. The van der Waals surface area contributed by atoms with Crippen molar-refractivity contribution in [3.05, 3.63) is 35.9 Å². The molecule has 0 amide bonds. The van der Waals surface area contributed by atoms with Crippen molar-refractivity contribution in [1.82, 2.24) is 10.6 Å². The highest BCUT2D eigenvalue weighted by Gasteiger charge is 2.43. The van der Waals surface area contributed by atoms with Gasteiger partial charge in [-0.1, -0.05) is 30.3 Å². The van der Waals surface area contributed by atoms with Gasteiger partial charge in [0, 0.05) is 25.1 Å². The molecule has 2 N–H and O–H groups in total. The van der Waals surface area contributed by atoms with Gasteiger partial charge in [0.2, 0.25) is 0 Å². The Labute approximate surface area is 151 Å². The summed E-state index contributed by atoms with van der Waals surface area (Å²) in [6, 6.07) is 11.0. The van der Waals surface area contributed by atoms with Crippen molar-refractivity contribution in [1.29, 1.82) is 0 Å². The maximum atomic E-state index is 5.16. The second-order valence-corrected chi connectivity index (χ2v) is 5.84. The number of nitrogens with zero attached hydrogens (tertiary/aromatic N) is 1. The number of methoxy groups -OCH3 is 1. The van der Waals surface area contributed by atoms with Crippen LogP contribution in [0, 0.1) is 0 Å². The number of benzene rings is 1. The topological polar surface area (TPSA) is 45.7 Å². The van der Waals surface area contributed by atoms with Gasteiger partial charge in [-0.3, -0.25) is 4.99 Å². The Bertz CT molecular complexity index is 460. The van der Waals surface area contributed by atoms with E-state index in [0.29, 0.717) is 6.61 Å². The van der Waals surface area contributed by atoms with Crippen LogP contribution in [-0.4, -0.2) is 38.8 Å². The summed E-state index contributed by atoms with van der Waals surface area (Å²) >= 11 is 0. The molecule has 1 fully saturated rings. The number of halogens is 1. The highest BCUT2D eigenvalue weighted by Crippen LogP contribution is 2.48. The predicted molar refractivity (Wildman–Crippen MR) is 103 cm³/mol. The fraction of sp³-hybridized carbons (Fsp3) is 0.588. The van der Waals surface area contributed by atoms with E-state index in [0.717, 1.165) is 19.0 Å². The minimum absolute atomic E-state index is 0. The van der Waals surface area contributed by atoms with E-state index in [-0.39, 0.29) is 35.4 Å². The number of ether oxygens (including phenoxy) is 1. The molecule has 0 radical (unpaired) electrons. The number of nitrogens with one attached hydrogen (secondary N) is 2. The van der Waals surface area contributed by atoms with Crippen LogP contribution in [0.2, 0.25) is 0 Å². The van der Waals surface area contributed by atoms with Crippen LogP contribution < -0.4 is 10.6 Å². The van der Waals surface area contributed by atoms with Gasteiger partial charge >= 0.3 is 0 Å². The summed E-state index contributed by atoms with van der Waals surface area (Å²) in [5.41, 5.74) is 1.67. The number of aliphatic imine (C=N–C) groups is 1. The van der Waals surface area contributed by atoms with Gasteiger partial charge in [-0.25, -0.2) is 0 Å². The standard InChI is InChI=1S/C17H27N3O.HI/c1-4-18-16(20-14(2)12-21-3)19-13-17(10-11-17)15-8-6-5-7-9-15;/h5-9,14H,4,10-13H2,1-3H3,(H2,18,19,20);1H. The zero-order chi connectivity index (χ0) is 15.1. The van der Waals surface area contributed by atoms with E-state index in [2.05, 4.69) is 54.8 Å². The van der Waals surface area contributed by atoms with Gasteiger partial charge in [-0.15, -0.1) is 24.0 Å². The Morgan fingerprint density at radius 1 is 1.32 bits per heavy atom. The smallest absolute Gasteiger partial charge is 0.191 e.